The maximum atomic E-state index is 13.1. The Balaban J connectivity index is 2.42. The van der Waals surface area contributed by atoms with Crippen molar-refractivity contribution in [2.45, 2.75) is 294 Å². The SMILES string of the molecule is CCCCCCCCCCCCCCCCCCCCC(O)C(COC1OC(CO)C(O)C(OS(=O)(=O)O)C1O)NC(=O)CCCCCCCCCCCCCCCCCCC. The van der Waals surface area contributed by atoms with E-state index in [0.29, 0.717) is 12.8 Å². The molecule has 7 unspecified atom stereocenters. The third-order valence-electron chi connectivity index (χ3n) is 12.7. The first-order chi connectivity index (χ1) is 30.0. The summed E-state index contributed by atoms with van der Waals surface area (Å²) in [5, 5.41) is 45.0. The van der Waals surface area contributed by atoms with E-state index >= 15 is 0 Å². The molecule has 1 saturated heterocycles. The third kappa shape index (κ3) is 32.7. The minimum absolute atomic E-state index is 0.224. The van der Waals surface area contributed by atoms with Gasteiger partial charge in [-0.15, -0.1) is 0 Å². The van der Waals surface area contributed by atoms with Crippen molar-refractivity contribution in [3.8, 4) is 0 Å². The molecule has 6 N–H and O–H groups in total. The van der Waals surface area contributed by atoms with Crippen molar-refractivity contribution in [3.63, 3.8) is 0 Å². The highest BCUT2D eigenvalue weighted by Crippen LogP contribution is 2.26. The second kappa shape index (κ2) is 40.4. The van der Waals surface area contributed by atoms with E-state index in [4.69, 9.17) is 9.47 Å². The molecule has 0 aliphatic carbocycles. The quantitative estimate of drug-likeness (QED) is 0.0252. The summed E-state index contributed by atoms with van der Waals surface area (Å²) in [7, 11) is -5.07. The molecule has 1 amide bonds. The molecule has 0 aromatic rings. The fraction of sp³-hybridized carbons (Fsp3) is 0.980. The molecular formula is C49H97NO11S. The van der Waals surface area contributed by atoms with Gasteiger partial charge in [0.15, 0.2) is 6.29 Å². The van der Waals surface area contributed by atoms with Gasteiger partial charge >= 0.3 is 10.4 Å². The number of amides is 1. The van der Waals surface area contributed by atoms with Crippen molar-refractivity contribution in [1.82, 2.24) is 5.32 Å². The molecule has 0 radical (unpaired) electrons. The summed E-state index contributed by atoms with van der Waals surface area (Å²) in [5.41, 5.74) is 0. The Morgan fingerprint density at radius 1 is 0.581 bits per heavy atom. The Bertz CT molecular complexity index is 1120. The van der Waals surface area contributed by atoms with E-state index in [0.717, 1.165) is 51.4 Å². The van der Waals surface area contributed by atoms with Crippen LogP contribution in [0.2, 0.25) is 0 Å². The predicted molar refractivity (Wildman–Crippen MR) is 250 cm³/mol. The lowest BCUT2D eigenvalue weighted by Gasteiger charge is -2.41. The monoisotopic (exact) mass is 908 g/mol. The van der Waals surface area contributed by atoms with Crippen molar-refractivity contribution >= 4 is 16.3 Å². The van der Waals surface area contributed by atoms with Gasteiger partial charge in [-0.25, -0.2) is 4.18 Å². The molecular weight excluding hydrogens is 811 g/mol. The number of ether oxygens (including phenoxy) is 2. The van der Waals surface area contributed by atoms with Crippen LogP contribution >= 0.6 is 0 Å². The molecule has 62 heavy (non-hydrogen) atoms. The highest BCUT2D eigenvalue weighted by molar-refractivity contribution is 7.80. The van der Waals surface area contributed by atoms with Gasteiger partial charge in [-0.05, 0) is 12.8 Å². The first kappa shape index (κ1) is 59.1. The van der Waals surface area contributed by atoms with Crippen molar-refractivity contribution in [3.05, 3.63) is 0 Å². The Labute approximate surface area is 379 Å². The van der Waals surface area contributed by atoms with Gasteiger partial charge in [0, 0.05) is 6.42 Å². The zero-order valence-corrected chi connectivity index (χ0v) is 40.5. The fourth-order valence-electron chi connectivity index (χ4n) is 8.64. The lowest BCUT2D eigenvalue weighted by atomic mass is 9.99. The standard InChI is InChI=1S/C49H97NO11S/c1-3-5-7-9-11-13-15-17-19-21-23-24-26-28-30-32-34-36-38-43(52)42(41-59-49-47(55)48(61-62(56,57)58)46(54)44(40-51)60-49)50-45(53)39-37-35-33-31-29-27-25-22-20-18-16-14-12-10-8-6-4-2/h42-44,46-49,51-52,54-55H,3-41H2,1-2H3,(H,50,53)(H,56,57,58). The van der Waals surface area contributed by atoms with E-state index in [1.54, 1.807) is 0 Å². The zero-order chi connectivity index (χ0) is 45.5. The molecule has 1 aliphatic rings. The van der Waals surface area contributed by atoms with Gasteiger partial charge in [-0.1, -0.05) is 232 Å². The summed E-state index contributed by atoms with van der Waals surface area (Å²) in [6.07, 6.45) is 35.2. The van der Waals surface area contributed by atoms with Crippen LogP contribution in [-0.2, 0) is 28.9 Å². The summed E-state index contributed by atoms with van der Waals surface area (Å²) in [4.78, 5) is 13.1. The van der Waals surface area contributed by atoms with Crippen LogP contribution in [0, 0.1) is 0 Å². The van der Waals surface area contributed by atoms with Crippen LogP contribution in [-0.4, -0.2) is 95.4 Å². The second-order valence-electron chi connectivity index (χ2n) is 18.5. The molecule has 0 aromatic carbocycles. The minimum Gasteiger partial charge on any atom is -0.394 e. The molecule has 0 spiro atoms. The Morgan fingerprint density at radius 3 is 1.29 bits per heavy atom. The Kier molecular flexibility index (Phi) is 38.5. The van der Waals surface area contributed by atoms with Gasteiger partial charge in [0.1, 0.15) is 24.4 Å². The van der Waals surface area contributed by atoms with Gasteiger partial charge in [-0.3, -0.25) is 9.35 Å². The van der Waals surface area contributed by atoms with Gasteiger partial charge in [0.25, 0.3) is 0 Å². The van der Waals surface area contributed by atoms with Crippen molar-refractivity contribution < 1.29 is 51.8 Å². The first-order valence-corrected chi connectivity index (χ1v) is 27.3. The zero-order valence-electron chi connectivity index (χ0n) is 39.7. The largest absolute Gasteiger partial charge is 0.397 e. The van der Waals surface area contributed by atoms with Gasteiger partial charge < -0.3 is 35.2 Å². The molecule has 1 rings (SSSR count). The van der Waals surface area contributed by atoms with Crippen LogP contribution in [0.4, 0.5) is 0 Å². The average molecular weight is 908 g/mol. The first-order valence-electron chi connectivity index (χ1n) is 25.9. The summed E-state index contributed by atoms with van der Waals surface area (Å²) < 4.78 is 47.8. The van der Waals surface area contributed by atoms with Crippen LogP contribution in [0.25, 0.3) is 0 Å². The van der Waals surface area contributed by atoms with Crippen molar-refractivity contribution in [2.75, 3.05) is 13.2 Å². The number of rotatable bonds is 45. The second-order valence-corrected chi connectivity index (χ2v) is 19.5. The lowest BCUT2D eigenvalue weighted by molar-refractivity contribution is -0.298. The van der Waals surface area contributed by atoms with E-state index in [1.807, 2.05) is 0 Å². The van der Waals surface area contributed by atoms with Crippen LogP contribution in [0.1, 0.15) is 251 Å². The summed E-state index contributed by atoms with van der Waals surface area (Å²) in [6.45, 7) is 3.48. The molecule has 7 atom stereocenters. The fourth-order valence-corrected chi connectivity index (χ4v) is 9.15. The van der Waals surface area contributed by atoms with Crippen LogP contribution in [0.5, 0.6) is 0 Å². The number of hydrogen-bond donors (Lipinski definition) is 6. The topological polar surface area (TPSA) is 192 Å². The summed E-state index contributed by atoms with van der Waals surface area (Å²) in [5.74, 6) is -0.224. The summed E-state index contributed by atoms with van der Waals surface area (Å²) >= 11 is 0. The van der Waals surface area contributed by atoms with Crippen LogP contribution in [0.3, 0.4) is 0 Å². The Hall–Kier alpha value is -0.900. The van der Waals surface area contributed by atoms with Crippen LogP contribution in [0.15, 0.2) is 0 Å². The number of aliphatic hydroxyl groups is 4. The van der Waals surface area contributed by atoms with Gasteiger partial charge in [0.2, 0.25) is 5.91 Å². The predicted octanol–water partition coefficient (Wildman–Crippen LogP) is 10.9. The highest BCUT2D eigenvalue weighted by Gasteiger charge is 2.48. The number of carbonyl (C=O) groups is 1. The molecule has 1 heterocycles. The van der Waals surface area contributed by atoms with E-state index < -0.39 is 59.9 Å². The molecule has 1 aliphatic heterocycles. The summed E-state index contributed by atoms with van der Waals surface area (Å²) in [6, 6.07) is -0.852. The van der Waals surface area contributed by atoms with Gasteiger partial charge in [-0.2, -0.15) is 8.42 Å². The number of nitrogens with one attached hydrogen (secondary N) is 1. The van der Waals surface area contributed by atoms with Gasteiger partial charge in [0.05, 0.1) is 25.4 Å². The molecule has 12 nitrogen and oxygen atoms in total. The number of aliphatic hydroxyl groups excluding tert-OH is 4. The number of hydrogen-bond acceptors (Lipinski definition) is 10. The van der Waals surface area contributed by atoms with E-state index in [2.05, 4.69) is 23.3 Å². The van der Waals surface area contributed by atoms with Crippen molar-refractivity contribution in [2.24, 2.45) is 0 Å². The maximum Gasteiger partial charge on any atom is 0.397 e. The van der Waals surface area contributed by atoms with Crippen LogP contribution < -0.4 is 5.32 Å². The smallest absolute Gasteiger partial charge is 0.394 e. The molecule has 0 aromatic heterocycles. The normalized spacial score (nSPS) is 20.4. The molecule has 0 saturated carbocycles. The molecule has 13 heteroatoms. The molecule has 370 valence electrons. The number of carbonyl (C=O) groups excluding carboxylic acids is 1. The highest BCUT2D eigenvalue weighted by atomic mass is 32.3. The van der Waals surface area contributed by atoms with E-state index in [9.17, 15) is 38.2 Å². The average Bonchev–Trinajstić information content (AvgIpc) is 3.24. The molecule has 0 bridgehead atoms. The van der Waals surface area contributed by atoms with E-state index in [-0.39, 0.29) is 12.5 Å². The van der Waals surface area contributed by atoms with E-state index in [1.165, 1.54) is 173 Å². The third-order valence-corrected chi connectivity index (χ3v) is 13.1. The minimum atomic E-state index is -5.07. The Morgan fingerprint density at radius 2 is 0.935 bits per heavy atom. The maximum absolute atomic E-state index is 13.1. The number of unbranched alkanes of at least 4 members (excludes halogenated alkanes) is 33. The van der Waals surface area contributed by atoms with Crippen molar-refractivity contribution in [1.29, 1.82) is 0 Å². The molecule has 1 fully saturated rings. The lowest BCUT2D eigenvalue weighted by Crippen LogP contribution is -2.61.